The van der Waals surface area contributed by atoms with Gasteiger partial charge >= 0.3 is 0 Å². The van der Waals surface area contributed by atoms with E-state index >= 15 is 0 Å². The highest BCUT2D eigenvalue weighted by atomic mass is 16.5. The number of aliphatic hydroxyl groups is 1. The van der Waals surface area contributed by atoms with Crippen molar-refractivity contribution in [1.82, 2.24) is 5.01 Å². The van der Waals surface area contributed by atoms with Gasteiger partial charge in [0.2, 0.25) is 0 Å². The molecule has 1 N–H and O–H groups in total. The van der Waals surface area contributed by atoms with E-state index in [9.17, 15) is 5.11 Å². The Labute approximate surface area is 140 Å². The van der Waals surface area contributed by atoms with Crippen LogP contribution in [0.15, 0.2) is 35.4 Å². The van der Waals surface area contributed by atoms with Gasteiger partial charge in [0.15, 0.2) is 0 Å². The van der Waals surface area contributed by atoms with E-state index < -0.39 is 6.10 Å². The van der Waals surface area contributed by atoms with Crippen LogP contribution in [-0.2, 0) is 11.2 Å². The first-order valence-electron chi connectivity index (χ1n) is 8.73. The van der Waals surface area contributed by atoms with Gasteiger partial charge in [0.1, 0.15) is 0 Å². The Bertz CT molecular complexity index is 477. The zero-order valence-electron chi connectivity index (χ0n) is 14.6. The summed E-state index contributed by atoms with van der Waals surface area (Å²) in [7, 11) is 1.80. The molecule has 0 unspecified atom stereocenters. The van der Waals surface area contributed by atoms with Crippen molar-refractivity contribution in [2.75, 3.05) is 13.7 Å². The van der Waals surface area contributed by atoms with Crippen molar-refractivity contribution >= 4 is 6.21 Å². The van der Waals surface area contributed by atoms with E-state index in [2.05, 4.69) is 24.0 Å². The lowest BCUT2D eigenvalue weighted by atomic mass is 9.87. The Hall–Kier alpha value is -1.39. The molecule has 1 aromatic carbocycles. The van der Waals surface area contributed by atoms with Crippen LogP contribution in [-0.4, -0.2) is 47.7 Å². The molecule has 0 aliphatic carbocycles. The molecule has 0 bridgehead atoms. The first-order valence-corrected chi connectivity index (χ1v) is 8.73. The Morgan fingerprint density at radius 1 is 1.35 bits per heavy atom. The second-order valence-corrected chi connectivity index (χ2v) is 6.32. The van der Waals surface area contributed by atoms with Gasteiger partial charge in [-0.15, -0.1) is 0 Å². The molecule has 2 rings (SSSR count). The number of hydrogen-bond donors (Lipinski definition) is 1. The molecule has 128 valence electrons. The molecule has 1 fully saturated rings. The molecule has 1 aliphatic rings. The van der Waals surface area contributed by atoms with Crippen LogP contribution >= 0.6 is 0 Å². The third kappa shape index (κ3) is 4.33. The molecule has 23 heavy (non-hydrogen) atoms. The SMILES string of the molecule is CCC(CC)(OC)[C@@H]1CCCN1/N=C\[C@H](O)Cc1ccccc1. The molecule has 1 saturated heterocycles. The lowest BCUT2D eigenvalue weighted by Crippen LogP contribution is -2.48. The summed E-state index contributed by atoms with van der Waals surface area (Å²) in [4.78, 5) is 0. The predicted molar refractivity (Wildman–Crippen MR) is 94.7 cm³/mol. The van der Waals surface area contributed by atoms with Crippen LogP contribution in [0.2, 0.25) is 0 Å². The summed E-state index contributed by atoms with van der Waals surface area (Å²) < 4.78 is 5.87. The van der Waals surface area contributed by atoms with Crippen molar-refractivity contribution < 1.29 is 9.84 Å². The highest BCUT2D eigenvalue weighted by Crippen LogP contribution is 2.34. The van der Waals surface area contributed by atoms with Gasteiger partial charge in [-0.1, -0.05) is 44.2 Å². The Morgan fingerprint density at radius 2 is 2.04 bits per heavy atom. The highest BCUT2D eigenvalue weighted by Gasteiger charge is 2.41. The molecule has 4 heteroatoms. The van der Waals surface area contributed by atoms with E-state index in [1.807, 2.05) is 30.3 Å². The van der Waals surface area contributed by atoms with Gasteiger partial charge in [0.05, 0.1) is 24.0 Å². The van der Waals surface area contributed by atoms with Crippen LogP contribution in [0.4, 0.5) is 0 Å². The quantitative estimate of drug-likeness (QED) is 0.748. The molecule has 1 heterocycles. The van der Waals surface area contributed by atoms with Gasteiger partial charge in [0, 0.05) is 20.1 Å². The fourth-order valence-corrected chi connectivity index (χ4v) is 3.64. The van der Waals surface area contributed by atoms with Crippen molar-refractivity contribution in [3.63, 3.8) is 0 Å². The molecule has 0 amide bonds. The molecule has 0 spiro atoms. The van der Waals surface area contributed by atoms with Crippen molar-refractivity contribution in [3.05, 3.63) is 35.9 Å². The zero-order chi connectivity index (χ0) is 16.7. The largest absolute Gasteiger partial charge is 0.387 e. The van der Waals surface area contributed by atoms with Crippen LogP contribution < -0.4 is 0 Å². The Balaban J connectivity index is 2.00. The predicted octanol–water partition coefficient (Wildman–Crippen LogP) is 3.25. The van der Waals surface area contributed by atoms with Gasteiger partial charge in [0.25, 0.3) is 0 Å². The van der Waals surface area contributed by atoms with Crippen molar-refractivity contribution in [2.45, 2.75) is 63.7 Å². The van der Waals surface area contributed by atoms with Crippen molar-refractivity contribution in [2.24, 2.45) is 5.10 Å². The van der Waals surface area contributed by atoms with E-state index in [0.29, 0.717) is 12.5 Å². The highest BCUT2D eigenvalue weighted by molar-refractivity contribution is 5.63. The molecule has 1 aromatic rings. The van der Waals surface area contributed by atoms with Gasteiger partial charge in [-0.2, -0.15) is 5.10 Å². The first kappa shape index (κ1) is 18.0. The van der Waals surface area contributed by atoms with Crippen LogP contribution in [0.1, 0.15) is 45.1 Å². The second kappa shape index (κ2) is 8.46. The molecular weight excluding hydrogens is 288 g/mol. The number of rotatable bonds is 8. The Morgan fingerprint density at radius 3 is 2.65 bits per heavy atom. The minimum Gasteiger partial charge on any atom is -0.387 e. The van der Waals surface area contributed by atoms with Crippen molar-refractivity contribution in [1.29, 1.82) is 0 Å². The number of benzene rings is 1. The smallest absolute Gasteiger partial charge is 0.0949 e. The normalized spacial score (nSPS) is 20.3. The van der Waals surface area contributed by atoms with E-state index in [-0.39, 0.29) is 5.60 Å². The number of hydrazone groups is 1. The third-order valence-electron chi connectivity index (χ3n) is 5.11. The summed E-state index contributed by atoms with van der Waals surface area (Å²) in [6.45, 7) is 5.29. The molecule has 1 aliphatic heterocycles. The molecule has 0 saturated carbocycles. The van der Waals surface area contributed by atoms with E-state index in [1.54, 1.807) is 13.3 Å². The summed E-state index contributed by atoms with van der Waals surface area (Å²) in [5.41, 5.74) is 0.982. The number of methoxy groups -OCH3 is 1. The molecule has 2 atom stereocenters. The van der Waals surface area contributed by atoms with E-state index in [0.717, 1.165) is 37.8 Å². The van der Waals surface area contributed by atoms with Crippen molar-refractivity contribution in [3.8, 4) is 0 Å². The maximum Gasteiger partial charge on any atom is 0.0949 e. The molecule has 0 aromatic heterocycles. The zero-order valence-corrected chi connectivity index (χ0v) is 14.6. The van der Waals surface area contributed by atoms with Crippen LogP contribution in [0, 0.1) is 0 Å². The van der Waals surface area contributed by atoms with Crippen LogP contribution in [0.5, 0.6) is 0 Å². The van der Waals surface area contributed by atoms with Crippen LogP contribution in [0.3, 0.4) is 0 Å². The summed E-state index contributed by atoms with van der Waals surface area (Å²) in [6.07, 6.45) is 5.89. The maximum atomic E-state index is 10.2. The fraction of sp³-hybridized carbons (Fsp3) is 0.632. The van der Waals surface area contributed by atoms with Gasteiger partial charge in [-0.3, -0.25) is 5.01 Å². The molecule has 4 nitrogen and oxygen atoms in total. The van der Waals surface area contributed by atoms with E-state index in [1.165, 1.54) is 0 Å². The monoisotopic (exact) mass is 318 g/mol. The standard InChI is InChI=1S/C19H30N2O2/c1-4-19(5-2,23-3)18-12-9-13-21(18)20-15-17(22)14-16-10-7-6-8-11-16/h6-8,10-11,15,17-18,22H,4-5,9,12-14H2,1-3H3/b20-15-/t17-,18+/m1/s1. The number of nitrogens with zero attached hydrogens (tertiary/aromatic N) is 2. The van der Waals surface area contributed by atoms with E-state index in [4.69, 9.17) is 4.74 Å². The lowest BCUT2D eigenvalue weighted by molar-refractivity contribution is -0.0732. The fourth-order valence-electron chi connectivity index (χ4n) is 3.64. The summed E-state index contributed by atoms with van der Waals surface area (Å²) in [6, 6.07) is 10.3. The lowest BCUT2D eigenvalue weighted by Gasteiger charge is -2.40. The minimum absolute atomic E-state index is 0.141. The third-order valence-corrected chi connectivity index (χ3v) is 5.11. The molecule has 0 radical (unpaired) electrons. The minimum atomic E-state index is -0.557. The average molecular weight is 318 g/mol. The number of hydrogen-bond acceptors (Lipinski definition) is 4. The topological polar surface area (TPSA) is 45.1 Å². The number of ether oxygens (including phenoxy) is 1. The van der Waals surface area contributed by atoms with Crippen LogP contribution in [0.25, 0.3) is 0 Å². The average Bonchev–Trinajstić information content (AvgIpc) is 3.05. The maximum absolute atomic E-state index is 10.2. The van der Waals surface area contributed by atoms with Gasteiger partial charge in [-0.05, 0) is 31.2 Å². The summed E-state index contributed by atoms with van der Waals surface area (Å²) >= 11 is 0. The Kier molecular flexibility index (Phi) is 6.60. The first-order chi connectivity index (χ1) is 11.1. The van der Waals surface area contributed by atoms with Gasteiger partial charge < -0.3 is 9.84 Å². The van der Waals surface area contributed by atoms with Gasteiger partial charge in [-0.25, -0.2) is 0 Å². The number of aliphatic hydroxyl groups excluding tert-OH is 1. The second-order valence-electron chi connectivity index (χ2n) is 6.32. The molecular formula is C19H30N2O2. The summed E-state index contributed by atoms with van der Waals surface area (Å²) in [5.74, 6) is 0. The summed E-state index contributed by atoms with van der Waals surface area (Å²) in [5, 5.41) is 16.9.